The third kappa shape index (κ3) is 7.02. The third-order valence-corrected chi connectivity index (χ3v) is 5.88. The lowest BCUT2D eigenvalue weighted by Crippen LogP contribution is -2.18. The van der Waals surface area contributed by atoms with E-state index in [-0.39, 0.29) is 28.2 Å². The topological polar surface area (TPSA) is 133 Å². The van der Waals surface area contributed by atoms with Crippen LogP contribution in [0.15, 0.2) is 66.7 Å². The minimum absolute atomic E-state index is 0.0400. The number of ether oxygens (including phenoxy) is 2. The fraction of sp³-hybridized carbons (Fsp3) is 0.222. The second-order valence-electron chi connectivity index (χ2n) is 8.26. The fourth-order valence-corrected chi connectivity index (χ4v) is 3.84. The molecule has 0 saturated carbocycles. The molecule has 39 heavy (non-hydrogen) atoms. The number of anilines is 2. The van der Waals surface area contributed by atoms with E-state index in [4.69, 9.17) is 21.1 Å². The monoisotopic (exact) mass is 550 g/mol. The Morgan fingerprint density at radius 3 is 2.03 bits per heavy atom. The highest BCUT2D eigenvalue weighted by molar-refractivity contribution is 6.32. The summed E-state index contributed by atoms with van der Waals surface area (Å²) < 4.78 is 12.0. The molecule has 0 aliphatic heterocycles. The molecule has 11 nitrogen and oxygen atoms in total. The summed E-state index contributed by atoms with van der Waals surface area (Å²) in [5, 5.41) is 21.9. The van der Waals surface area contributed by atoms with E-state index in [2.05, 4.69) is 20.7 Å². The van der Waals surface area contributed by atoms with Crippen molar-refractivity contribution in [2.45, 2.75) is 26.9 Å². The summed E-state index contributed by atoms with van der Waals surface area (Å²) in [6.45, 7) is 5.72. The predicted octanol–water partition coefficient (Wildman–Crippen LogP) is 5.55. The van der Waals surface area contributed by atoms with Crippen molar-refractivity contribution in [2.24, 2.45) is 0 Å². The molecule has 1 heterocycles. The summed E-state index contributed by atoms with van der Waals surface area (Å²) in [5.41, 5.74) is 1.54. The molecule has 4 rings (SSSR count). The molecule has 202 valence electrons. The van der Waals surface area contributed by atoms with Crippen molar-refractivity contribution < 1.29 is 19.2 Å². The highest BCUT2D eigenvalue weighted by Gasteiger charge is 2.22. The number of nitro groups is 1. The first-order valence-corrected chi connectivity index (χ1v) is 12.6. The highest BCUT2D eigenvalue weighted by atomic mass is 35.5. The minimum Gasteiger partial charge on any atom is -0.494 e. The van der Waals surface area contributed by atoms with Gasteiger partial charge in [0, 0.05) is 24.7 Å². The molecule has 1 aromatic heterocycles. The largest absolute Gasteiger partial charge is 0.494 e. The zero-order chi connectivity index (χ0) is 27.8. The molecule has 0 radical (unpaired) electrons. The van der Waals surface area contributed by atoms with Crippen LogP contribution in [-0.4, -0.2) is 38.8 Å². The zero-order valence-corrected chi connectivity index (χ0v) is 22.1. The van der Waals surface area contributed by atoms with E-state index >= 15 is 0 Å². The Labute approximate surface area is 229 Å². The molecule has 0 unspecified atom stereocenters. The molecule has 12 heteroatoms. The lowest BCUT2D eigenvalue weighted by molar-refractivity contribution is -0.384. The van der Waals surface area contributed by atoms with Crippen LogP contribution in [-0.2, 0) is 13.1 Å². The molecule has 0 bridgehead atoms. The first-order valence-electron chi connectivity index (χ1n) is 12.2. The summed E-state index contributed by atoms with van der Waals surface area (Å²) in [7, 11) is 0. The van der Waals surface area contributed by atoms with Crippen LogP contribution in [0.3, 0.4) is 0 Å². The van der Waals surface area contributed by atoms with Crippen molar-refractivity contribution in [2.75, 3.05) is 23.8 Å². The van der Waals surface area contributed by atoms with Crippen LogP contribution in [0.2, 0.25) is 5.02 Å². The Morgan fingerprint density at radius 2 is 1.49 bits per heavy atom. The van der Waals surface area contributed by atoms with E-state index in [0.29, 0.717) is 26.3 Å². The maximum absolute atomic E-state index is 13.4. The van der Waals surface area contributed by atoms with Crippen molar-refractivity contribution in [3.8, 4) is 11.5 Å². The number of aromatic nitrogens is 3. The highest BCUT2D eigenvalue weighted by Crippen LogP contribution is 2.26. The van der Waals surface area contributed by atoms with Crippen LogP contribution in [0.5, 0.6) is 11.5 Å². The molecule has 0 amide bonds. The Kier molecular flexibility index (Phi) is 8.95. The number of rotatable bonds is 12. The van der Waals surface area contributed by atoms with Gasteiger partial charge in [0.2, 0.25) is 11.9 Å². The molecule has 3 aromatic carbocycles. The van der Waals surface area contributed by atoms with Gasteiger partial charge < -0.3 is 20.1 Å². The molecule has 0 saturated heterocycles. The lowest BCUT2D eigenvalue weighted by atomic mass is 10.2. The lowest BCUT2D eigenvalue weighted by Gasteiger charge is -2.08. The number of benzene rings is 3. The average molecular weight is 551 g/mol. The van der Waals surface area contributed by atoms with Crippen LogP contribution >= 0.6 is 11.6 Å². The molecule has 2 N–H and O–H groups in total. The molecule has 0 spiro atoms. The normalized spacial score (nSPS) is 10.6. The molecule has 0 fully saturated rings. The first kappa shape index (κ1) is 27.4. The van der Waals surface area contributed by atoms with E-state index in [9.17, 15) is 14.9 Å². The number of hydrogen-bond donors (Lipinski definition) is 2. The van der Waals surface area contributed by atoms with E-state index in [1.165, 1.54) is 12.1 Å². The Morgan fingerprint density at radius 1 is 0.923 bits per heavy atom. The van der Waals surface area contributed by atoms with Crippen LogP contribution in [0.1, 0.15) is 35.3 Å². The summed E-state index contributed by atoms with van der Waals surface area (Å²) in [6.07, 6.45) is 0. The molecular weight excluding hydrogens is 524 g/mol. The van der Waals surface area contributed by atoms with Gasteiger partial charge in [0.15, 0.2) is 0 Å². The summed E-state index contributed by atoms with van der Waals surface area (Å²) in [6, 6.07) is 18.9. The van der Waals surface area contributed by atoms with Gasteiger partial charge in [-0.1, -0.05) is 35.9 Å². The van der Waals surface area contributed by atoms with Gasteiger partial charge in [-0.3, -0.25) is 14.9 Å². The first-order chi connectivity index (χ1) is 18.9. The minimum atomic E-state index is -0.644. The molecular formula is C27H27ClN6O5. The number of nitrogens with zero attached hydrogens (tertiary/aromatic N) is 4. The van der Waals surface area contributed by atoms with Crippen molar-refractivity contribution in [1.82, 2.24) is 14.8 Å². The van der Waals surface area contributed by atoms with Crippen molar-refractivity contribution in [1.29, 1.82) is 0 Å². The molecule has 0 aliphatic rings. The van der Waals surface area contributed by atoms with Gasteiger partial charge in [-0.2, -0.15) is 9.67 Å². The van der Waals surface area contributed by atoms with E-state index < -0.39 is 10.8 Å². The van der Waals surface area contributed by atoms with Crippen LogP contribution in [0.4, 0.5) is 17.6 Å². The Bertz CT molecular complexity index is 1440. The van der Waals surface area contributed by atoms with Crippen molar-refractivity contribution >= 4 is 35.1 Å². The van der Waals surface area contributed by atoms with Crippen LogP contribution in [0.25, 0.3) is 0 Å². The number of nitrogens with one attached hydrogen (secondary N) is 2. The van der Waals surface area contributed by atoms with Crippen LogP contribution < -0.4 is 20.1 Å². The number of nitro benzene ring substituents is 1. The van der Waals surface area contributed by atoms with Gasteiger partial charge in [-0.25, -0.2) is 0 Å². The molecule has 0 atom stereocenters. The van der Waals surface area contributed by atoms with Crippen molar-refractivity contribution in [3.63, 3.8) is 0 Å². The second kappa shape index (κ2) is 12.7. The number of carbonyl (C=O) groups excluding carboxylic acids is 1. The standard InChI is InChI=1S/C27H27ClN6O5/c1-3-38-21-10-5-18(6-11-21)16-29-26-31-27(30-17-19-7-12-22(13-8-19)39-4-2)33(32-26)25(35)20-9-14-23(28)24(15-20)34(36)37/h5-15H,3-4,16-17H2,1-2H3,(H2,29,30,31,32). The SMILES string of the molecule is CCOc1ccc(CNc2nc(NCc3ccc(OCC)cc3)n(C(=O)c3ccc(Cl)c([N+](=O)[O-])c3)n2)cc1. The second-order valence-corrected chi connectivity index (χ2v) is 8.67. The quantitative estimate of drug-likeness (QED) is 0.172. The molecule has 4 aromatic rings. The maximum Gasteiger partial charge on any atom is 0.288 e. The smallest absolute Gasteiger partial charge is 0.288 e. The van der Waals surface area contributed by atoms with E-state index in [1.807, 2.05) is 62.4 Å². The Balaban J connectivity index is 1.57. The molecule has 0 aliphatic carbocycles. The predicted molar refractivity (Wildman–Crippen MR) is 148 cm³/mol. The maximum atomic E-state index is 13.4. The van der Waals surface area contributed by atoms with Gasteiger partial charge in [0.25, 0.3) is 11.6 Å². The number of halogens is 1. The average Bonchev–Trinajstić information content (AvgIpc) is 3.35. The van der Waals surface area contributed by atoms with E-state index in [1.54, 1.807) is 0 Å². The van der Waals surface area contributed by atoms with E-state index in [0.717, 1.165) is 33.4 Å². The van der Waals surface area contributed by atoms with Gasteiger partial charge >= 0.3 is 0 Å². The summed E-state index contributed by atoms with van der Waals surface area (Å²) in [5.74, 6) is 1.29. The van der Waals surface area contributed by atoms with Gasteiger partial charge in [-0.15, -0.1) is 5.10 Å². The van der Waals surface area contributed by atoms with Gasteiger partial charge in [0.1, 0.15) is 16.5 Å². The number of hydrogen-bond acceptors (Lipinski definition) is 9. The van der Waals surface area contributed by atoms with Crippen LogP contribution in [0, 0.1) is 10.1 Å². The van der Waals surface area contributed by atoms with Gasteiger partial charge in [0.05, 0.1) is 18.1 Å². The summed E-state index contributed by atoms with van der Waals surface area (Å²) >= 11 is 5.93. The zero-order valence-electron chi connectivity index (χ0n) is 21.4. The third-order valence-electron chi connectivity index (χ3n) is 5.56. The fourth-order valence-electron chi connectivity index (χ4n) is 3.65. The van der Waals surface area contributed by atoms with Crippen molar-refractivity contribution in [3.05, 3.63) is 98.6 Å². The van der Waals surface area contributed by atoms with Gasteiger partial charge in [-0.05, 0) is 61.4 Å². The summed E-state index contributed by atoms with van der Waals surface area (Å²) in [4.78, 5) is 28.5. The Hall–Kier alpha value is -4.64. The number of carbonyl (C=O) groups is 1.